The van der Waals surface area contributed by atoms with Gasteiger partial charge in [-0.1, -0.05) is 66.7 Å². The molecule has 0 aliphatic rings. The van der Waals surface area contributed by atoms with E-state index in [1.165, 1.54) is 15.9 Å². The molecule has 0 unspecified atom stereocenters. The molecule has 0 bridgehead atoms. The fraction of sp³-hybridized carbons (Fsp3) is 0.0909. The maximum absolute atomic E-state index is 2.32. The molecule has 0 N–H and O–H groups in total. The second-order valence-corrected chi connectivity index (χ2v) is 9.10. The summed E-state index contributed by atoms with van der Waals surface area (Å²) in [7, 11) is -1.66. The first-order chi connectivity index (χ1) is 11.4. The highest BCUT2D eigenvalue weighted by Crippen LogP contribution is 2.55. The zero-order valence-electron chi connectivity index (χ0n) is 13.8. The summed E-state index contributed by atoms with van der Waals surface area (Å²) in [6.45, 7) is 2.11. The van der Waals surface area contributed by atoms with Gasteiger partial charge in [-0.3, -0.25) is 0 Å². The molecule has 0 nitrogen and oxygen atoms in total. The van der Waals surface area contributed by atoms with Gasteiger partial charge < -0.3 is 24.0 Å². The normalized spacial score (nSPS) is 11.2. The van der Waals surface area contributed by atoms with Crippen LogP contribution in [0.4, 0.5) is 0 Å². The van der Waals surface area contributed by atoms with Crippen molar-refractivity contribution in [1.82, 2.24) is 0 Å². The van der Waals surface area contributed by atoms with Crippen LogP contribution in [0, 0.1) is 0 Å². The molecule has 3 aromatic carbocycles. The Morgan fingerprint density at radius 1 is 0.625 bits per heavy atom. The van der Waals surface area contributed by atoms with Gasteiger partial charge in [0.1, 0.15) is 23.2 Å². The van der Waals surface area contributed by atoms with E-state index in [0.29, 0.717) is 0 Å². The van der Waals surface area contributed by atoms with E-state index in [4.69, 9.17) is 0 Å². The summed E-state index contributed by atoms with van der Waals surface area (Å²) in [6.07, 6.45) is 5.55. The standard InChI is InChI=1S/C22H22P.HI/c1-2-3-19-23(20-13-7-4-8-14-20,21-15-9-5-10-16-21)22-17-11-6-12-18-22;/h2-18H,19H2,1H3;1H/q+1;/p-1. The molecule has 0 fully saturated rings. The minimum absolute atomic E-state index is 0. The van der Waals surface area contributed by atoms with Gasteiger partial charge in [0.2, 0.25) is 0 Å². The number of hydrogen-bond donors (Lipinski definition) is 0. The minimum atomic E-state index is -1.66. The predicted octanol–water partition coefficient (Wildman–Crippen LogP) is 1.56. The fourth-order valence-electron chi connectivity index (χ4n) is 3.07. The van der Waals surface area contributed by atoms with E-state index in [1.54, 1.807) is 0 Å². The summed E-state index contributed by atoms with van der Waals surface area (Å²) in [4.78, 5) is 0. The first-order valence-corrected chi connectivity index (χ1v) is 10.0. The highest BCUT2D eigenvalue weighted by molar-refractivity contribution is 7.95. The lowest BCUT2D eigenvalue weighted by Crippen LogP contribution is -3.00. The van der Waals surface area contributed by atoms with Gasteiger partial charge in [0.15, 0.2) is 0 Å². The van der Waals surface area contributed by atoms with Gasteiger partial charge >= 0.3 is 0 Å². The number of benzene rings is 3. The van der Waals surface area contributed by atoms with Crippen molar-refractivity contribution in [1.29, 1.82) is 0 Å². The maximum Gasteiger partial charge on any atom is 0.115 e. The molecule has 0 aromatic heterocycles. The lowest BCUT2D eigenvalue weighted by atomic mass is 10.4. The topological polar surface area (TPSA) is 0 Å². The third-order valence-corrected chi connectivity index (χ3v) is 8.50. The molecule has 0 radical (unpaired) electrons. The molecule has 0 heterocycles. The van der Waals surface area contributed by atoms with E-state index in [1.807, 2.05) is 0 Å². The molecule has 0 aliphatic carbocycles. The lowest BCUT2D eigenvalue weighted by Gasteiger charge is -2.26. The van der Waals surface area contributed by atoms with Crippen molar-refractivity contribution in [3.8, 4) is 0 Å². The zero-order valence-corrected chi connectivity index (χ0v) is 16.9. The Hall–Kier alpha value is -1.44. The quantitative estimate of drug-likeness (QED) is 0.319. The van der Waals surface area contributed by atoms with Crippen LogP contribution in [-0.2, 0) is 0 Å². The largest absolute Gasteiger partial charge is 1.00 e. The van der Waals surface area contributed by atoms with Gasteiger partial charge in [-0.2, -0.15) is 0 Å². The zero-order chi connectivity index (χ0) is 16.0. The maximum atomic E-state index is 2.32. The van der Waals surface area contributed by atoms with Gasteiger partial charge in [-0.15, -0.1) is 0 Å². The summed E-state index contributed by atoms with van der Waals surface area (Å²) in [5.74, 6) is 0. The highest BCUT2D eigenvalue weighted by Gasteiger charge is 2.43. The highest BCUT2D eigenvalue weighted by atomic mass is 127. The second-order valence-electron chi connectivity index (χ2n) is 5.57. The van der Waals surface area contributed by atoms with E-state index in [-0.39, 0.29) is 24.0 Å². The molecule has 0 atom stereocenters. The lowest BCUT2D eigenvalue weighted by molar-refractivity contribution is -0.00000450. The monoisotopic (exact) mass is 444 g/mol. The molecule has 122 valence electrons. The molecule has 0 aliphatic heterocycles. The second kappa shape index (κ2) is 9.15. The molecular formula is C22H22IP. The Kier molecular flexibility index (Phi) is 7.20. The first kappa shape index (κ1) is 18.9. The molecule has 0 spiro atoms. The molecular weight excluding hydrogens is 422 g/mol. The average molecular weight is 444 g/mol. The van der Waals surface area contributed by atoms with Crippen LogP contribution in [0.1, 0.15) is 6.92 Å². The van der Waals surface area contributed by atoms with E-state index in [9.17, 15) is 0 Å². The van der Waals surface area contributed by atoms with Crippen molar-refractivity contribution in [3.63, 3.8) is 0 Å². The first-order valence-electron chi connectivity index (χ1n) is 8.04. The third-order valence-electron chi connectivity index (χ3n) is 4.21. The van der Waals surface area contributed by atoms with Crippen LogP contribution in [0.5, 0.6) is 0 Å². The third kappa shape index (κ3) is 3.79. The van der Waals surface area contributed by atoms with Crippen LogP contribution in [0.15, 0.2) is 103 Å². The van der Waals surface area contributed by atoms with Crippen LogP contribution < -0.4 is 39.9 Å². The number of hydrogen-bond acceptors (Lipinski definition) is 0. The smallest absolute Gasteiger partial charge is 0.115 e. The summed E-state index contributed by atoms with van der Waals surface area (Å²) < 4.78 is 0. The predicted molar refractivity (Wildman–Crippen MR) is 105 cm³/mol. The Bertz CT molecular complexity index is 655. The molecule has 3 aromatic rings. The van der Waals surface area contributed by atoms with Crippen LogP contribution >= 0.6 is 7.26 Å². The van der Waals surface area contributed by atoms with E-state index in [0.717, 1.165) is 6.16 Å². The van der Waals surface area contributed by atoms with E-state index < -0.39 is 7.26 Å². The summed E-state index contributed by atoms with van der Waals surface area (Å²) >= 11 is 0. The SMILES string of the molecule is CC=CC[P+](c1ccccc1)(c1ccccc1)c1ccccc1.[I-]. The molecule has 0 saturated heterocycles. The molecule has 0 saturated carbocycles. The van der Waals surface area contributed by atoms with Gasteiger partial charge in [-0.05, 0) is 43.3 Å². The van der Waals surface area contributed by atoms with Crippen LogP contribution in [0.3, 0.4) is 0 Å². The van der Waals surface area contributed by atoms with Crippen molar-refractivity contribution < 1.29 is 24.0 Å². The van der Waals surface area contributed by atoms with Gasteiger partial charge in [-0.25, -0.2) is 0 Å². The van der Waals surface area contributed by atoms with Crippen LogP contribution in [0.2, 0.25) is 0 Å². The van der Waals surface area contributed by atoms with Crippen molar-refractivity contribution in [3.05, 3.63) is 103 Å². The molecule has 0 amide bonds. The van der Waals surface area contributed by atoms with Crippen molar-refractivity contribution >= 4 is 23.2 Å². The Labute approximate surface area is 163 Å². The minimum Gasteiger partial charge on any atom is -1.00 e. The van der Waals surface area contributed by atoms with E-state index >= 15 is 0 Å². The summed E-state index contributed by atoms with van der Waals surface area (Å²) in [6, 6.07) is 33.0. The molecule has 3 rings (SSSR count). The van der Waals surface area contributed by atoms with E-state index in [2.05, 4.69) is 110 Å². The van der Waals surface area contributed by atoms with Gasteiger partial charge in [0.05, 0.1) is 6.16 Å². The number of halogens is 1. The number of allylic oxidation sites excluding steroid dienone is 2. The van der Waals surface area contributed by atoms with Crippen molar-refractivity contribution in [2.45, 2.75) is 6.92 Å². The van der Waals surface area contributed by atoms with Crippen LogP contribution in [-0.4, -0.2) is 6.16 Å². The Morgan fingerprint density at radius 3 is 1.25 bits per heavy atom. The fourth-order valence-corrected chi connectivity index (χ4v) is 7.17. The van der Waals surface area contributed by atoms with Gasteiger partial charge in [0.25, 0.3) is 0 Å². The Balaban J connectivity index is 0.00000208. The van der Waals surface area contributed by atoms with Gasteiger partial charge in [0, 0.05) is 0 Å². The average Bonchev–Trinajstić information content (AvgIpc) is 2.65. The molecule has 2 heteroatoms. The summed E-state index contributed by atoms with van der Waals surface area (Å²) in [5.41, 5.74) is 0. The van der Waals surface area contributed by atoms with Crippen molar-refractivity contribution in [2.24, 2.45) is 0 Å². The summed E-state index contributed by atoms with van der Waals surface area (Å²) in [5, 5.41) is 4.32. The van der Waals surface area contributed by atoms with Crippen LogP contribution in [0.25, 0.3) is 0 Å². The number of rotatable bonds is 5. The van der Waals surface area contributed by atoms with Crippen molar-refractivity contribution in [2.75, 3.05) is 6.16 Å². The molecule has 24 heavy (non-hydrogen) atoms. The Morgan fingerprint density at radius 2 is 0.958 bits per heavy atom.